The van der Waals surface area contributed by atoms with Crippen molar-refractivity contribution in [2.24, 2.45) is 11.5 Å². The van der Waals surface area contributed by atoms with Crippen molar-refractivity contribution in [1.29, 1.82) is 0 Å². The van der Waals surface area contributed by atoms with E-state index in [2.05, 4.69) is 16.2 Å². The van der Waals surface area contributed by atoms with Crippen LogP contribution in [0.1, 0.15) is 19.3 Å². The zero-order valence-corrected chi connectivity index (χ0v) is 15.3. The maximum absolute atomic E-state index is 12.1. The Morgan fingerprint density at radius 3 is 2.04 bits per heavy atom. The molecular formula is C13H22N6O8S. The van der Waals surface area contributed by atoms with Gasteiger partial charge in [-0.2, -0.15) is 0 Å². The predicted molar refractivity (Wildman–Crippen MR) is 96.5 cm³/mol. The third kappa shape index (κ3) is 10.2. The topological polar surface area (TPSA) is 246 Å². The third-order valence-electron chi connectivity index (χ3n) is 3.12. The molecule has 28 heavy (non-hydrogen) atoms. The van der Waals surface area contributed by atoms with E-state index in [1.807, 2.05) is 5.32 Å². The highest BCUT2D eigenvalue weighted by molar-refractivity contribution is 7.80. The monoisotopic (exact) mass is 422 g/mol. The first kappa shape index (κ1) is 25.0. The molecule has 0 aromatic rings. The molecule has 0 fully saturated rings. The number of hydrogen-bond donors (Lipinski definition) is 9. The lowest BCUT2D eigenvalue weighted by molar-refractivity contribution is -0.140. The number of aliphatic hydroxyl groups is 1. The molecule has 158 valence electrons. The minimum absolute atomic E-state index is 0.127. The number of carboxylic acids is 2. The fourth-order valence-electron chi connectivity index (χ4n) is 1.68. The lowest BCUT2D eigenvalue weighted by Gasteiger charge is -2.21. The summed E-state index contributed by atoms with van der Waals surface area (Å²) in [5.74, 6) is -4.66. The summed E-state index contributed by atoms with van der Waals surface area (Å²) in [6.07, 6.45) is -1.55. The summed E-state index contributed by atoms with van der Waals surface area (Å²) < 4.78 is 0. The van der Waals surface area contributed by atoms with Gasteiger partial charge in [0.05, 0.1) is 19.1 Å². The van der Waals surface area contributed by atoms with E-state index in [0.29, 0.717) is 0 Å². The van der Waals surface area contributed by atoms with Crippen LogP contribution in [0.2, 0.25) is 0 Å². The summed E-state index contributed by atoms with van der Waals surface area (Å²) >= 11 is 4.78. The minimum Gasteiger partial charge on any atom is -0.481 e. The summed E-state index contributed by atoms with van der Waals surface area (Å²) in [7, 11) is 0. The lowest BCUT2D eigenvalue weighted by atomic mass is 10.1. The summed E-state index contributed by atoms with van der Waals surface area (Å²) in [5, 5.41) is 30.5. The van der Waals surface area contributed by atoms with E-state index in [9.17, 15) is 24.0 Å². The Labute approximate surface area is 164 Å². The van der Waals surface area contributed by atoms with Gasteiger partial charge in [-0.05, 0) is 6.42 Å². The molecule has 0 bridgehead atoms. The first-order valence-electron chi connectivity index (χ1n) is 7.74. The molecule has 0 aliphatic heterocycles. The number of nitrogens with two attached hydrogens (primary N) is 2. The summed E-state index contributed by atoms with van der Waals surface area (Å²) in [6, 6.07) is -5.16. The molecular weight excluding hydrogens is 400 g/mol. The zero-order valence-electron chi connectivity index (χ0n) is 14.5. The normalized spacial score (nSPS) is 13.4. The first-order valence-corrected chi connectivity index (χ1v) is 8.14. The van der Waals surface area contributed by atoms with E-state index in [1.165, 1.54) is 0 Å². The molecule has 14 nitrogen and oxygen atoms in total. The van der Waals surface area contributed by atoms with Crippen LogP contribution in [0.15, 0.2) is 0 Å². The van der Waals surface area contributed by atoms with Gasteiger partial charge in [0.2, 0.25) is 5.91 Å². The number of carbonyl (C=O) groups excluding carboxylic acids is 3. The molecule has 0 saturated carbocycles. The average molecular weight is 422 g/mol. The number of thiocarbonyl (C=S) groups is 1. The highest BCUT2D eigenvalue weighted by Crippen LogP contribution is 1.99. The van der Waals surface area contributed by atoms with Crippen molar-refractivity contribution in [2.75, 3.05) is 6.61 Å². The highest BCUT2D eigenvalue weighted by Gasteiger charge is 2.26. The summed E-state index contributed by atoms with van der Waals surface area (Å²) in [5.41, 5.74) is 14.7. The van der Waals surface area contributed by atoms with Gasteiger partial charge < -0.3 is 37.4 Å². The Hall–Kier alpha value is -3.04. The standard InChI is InChI=1S/C13H22N6O8S/c14-5(4-20)11(28)19-18-10(24)7(3-8(15)21)17-13(27)16-6(12(25)26)1-2-9(22)23/h5-7,20H,1-4,14H2,(H2,15,21)(H,18,24)(H,19,28)(H,22,23)(H,25,26)(H2,16,17,27)/t5-,6-,7-/m0/s1. The van der Waals surface area contributed by atoms with E-state index in [-0.39, 0.29) is 4.99 Å². The number of hydrazine groups is 1. The molecule has 0 aliphatic rings. The van der Waals surface area contributed by atoms with Crippen LogP contribution in [-0.2, 0) is 19.2 Å². The number of hydrogen-bond acceptors (Lipinski definition) is 8. The van der Waals surface area contributed by atoms with Crippen molar-refractivity contribution in [1.82, 2.24) is 21.5 Å². The van der Waals surface area contributed by atoms with Crippen LogP contribution in [0.3, 0.4) is 0 Å². The molecule has 15 heteroatoms. The molecule has 0 radical (unpaired) electrons. The van der Waals surface area contributed by atoms with Crippen molar-refractivity contribution >= 4 is 47.0 Å². The van der Waals surface area contributed by atoms with Crippen LogP contribution >= 0.6 is 12.2 Å². The molecule has 4 amide bonds. The number of amides is 4. The minimum atomic E-state index is -1.54. The van der Waals surface area contributed by atoms with E-state index in [0.717, 1.165) is 0 Å². The van der Waals surface area contributed by atoms with Crippen molar-refractivity contribution in [2.45, 2.75) is 37.4 Å². The van der Waals surface area contributed by atoms with Crippen LogP contribution in [0, 0.1) is 0 Å². The van der Waals surface area contributed by atoms with Gasteiger partial charge in [0.15, 0.2) is 0 Å². The molecule has 0 spiro atoms. The van der Waals surface area contributed by atoms with Crippen LogP contribution in [0.25, 0.3) is 0 Å². The van der Waals surface area contributed by atoms with Crippen molar-refractivity contribution < 1.29 is 39.3 Å². The van der Waals surface area contributed by atoms with Gasteiger partial charge in [-0.1, -0.05) is 12.2 Å². The number of aliphatic carboxylic acids is 2. The fourth-order valence-corrected chi connectivity index (χ4v) is 1.81. The highest BCUT2D eigenvalue weighted by atomic mass is 32.1. The maximum atomic E-state index is 12.1. The lowest BCUT2D eigenvalue weighted by Crippen LogP contribution is -2.58. The molecule has 3 atom stereocenters. The predicted octanol–water partition coefficient (Wildman–Crippen LogP) is -3.88. The molecule has 0 rings (SSSR count). The second-order valence-corrected chi connectivity index (χ2v) is 5.87. The van der Waals surface area contributed by atoms with Gasteiger partial charge in [-0.3, -0.25) is 25.2 Å². The smallest absolute Gasteiger partial charge is 0.326 e. The van der Waals surface area contributed by atoms with Crippen LogP contribution in [0.5, 0.6) is 0 Å². The SMILES string of the molecule is NC(=O)C[C@H](NC(=O)N[C@@H](CCC(=O)O)C(=O)O)C(=O)NNC(=S)[C@@H](N)CO. The Morgan fingerprint density at radius 2 is 1.57 bits per heavy atom. The number of primary amides is 1. The summed E-state index contributed by atoms with van der Waals surface area (Å²) in [4.78, 5) is 56.6. The molecule has 0 heterocycles. The molecule has 0 aromatic carbocycles. The average Bonchev–Trinajstić information content (AvgIpc) is 2.60. The third-order valence-corrected chi connectivity index (χ3v) is 3.52. The van der Waals surface area contributed by atoms with E-state index < -0.39 is 73.8 Å². The van der Waals surface area contributed by atoms with Gasteiger partial charge in [0, 0.05) is 6.42 Å². The molecule has 0 saturated heterocycles. The van der Waals surface area contributed by atoms with Crippen LogP contribution in [-0.4, -0.2) is 74.8 Å². The van der Waals surface area contributed by atoms with Gasteiger partial charge in [0.25, 0.3) is 5.91 Å². The Balaban J connectivity index is 4.91. The Bertz CT molecular complexity index is 630. The number of carbonyl (C=O) groups is 5. The maximum Gasteiger partial charge on any atom is 0.326 e. The molecule has 0 unspecified atom stereocenters. The summed E-state index contributed by atoms with van der Waals surface area (Å²) in [6.45, 7) is -0.500. The van der Waals surface area contributed by atoms with E-state index >= 15 is 0 Å². The first-order chi connectivity index (χ1) is 13.0. The molecule has 11 N–H and O–H groups in total. The van der Waals surface area contributed by atoms with Crippen molar-refractivity contribution in [3.63, 3.8) is 0 Å². The quantitative estimate of drug-likeness (QED) is 0.115. The van der Waals surface area contributed by atoms with Gasteiger partial charge in [-0.25, -0.2) is 9.59 Å². The van der Waals surface area contributed by atoms with Crippen molar-refractivity contribution in [3.05, 3.63) is 0 Å². The van der Waals surface area contributed by atoms with E-state index in [4.69, 9.17) is 39.0 Å². The van der Waals surface area contributed by atoms with Gasteiger partial charge in [-0.15, -0.1) is 0 Å². The van der Waals surface area contributed by atoms with Gasteiger partial charge in [0.1, 0.15) is 17.1 Å². The van der Waals surface area contributed by atoms with E-state index in [1.54, 1.807) is 0 Å². The van der Waals surface area contributed by atoms with Crippen molar-refractivity contribution in [3.8, 4) is 0 Å². The number of carboxylic acid groups (broad SMARTS) is 2. The number of nitrogens with one attached hydrogen (secondary N) is 4. The Morgan fingerprint density at radius 1 is 1.00 bits per heavy atom. The fraction of sp³-hybridized carbons (Fsp3) is 0.538. The number of urea groups is 1. The molecule has 0 aliphatic carbocycles. The second kappa shape index (κ2) is 12.4. The second-order valence-electron chi connectivity index (χ2n) is 5.43. The van der Waals surface area contributed by atoms with Crippen LogP contribution < -0.4 is 33.0 Å². The number of rotatable bonds is 11. The largest absolute Gasteiger partial charge is 0.481 e. The van der Waals surface area contributed by atoms with Crippen LogP contribution in [0.4, 0.5) is 4.79 Å². The molecule has 0 aromatic heterocycles. The Kier molecular flexibility index (Phi) is 11.0. The number of aliphatic hydroxyl groups excluding tert-OH is 1. The zero-order chi connectivity index (χ0) is 21.9. The van der Waals surface area contributed by atoms with Gasteiger partial charge >= 0.3 is 18.0 Å².